The number of amides is 1. The number of rotatable bonds is 7. The van der Waals surface area contributed by atoms with Gasteiger partial charge in [-0.1, -0.05) is 30.3 Å². The number of thioether (sulfide) groups is 1. The van der Waals surface area contributed by atoms with Crippen LogP contribution < -0.4 is 10.2 Å². The van der Waals surface area contributed by atoms with Crippen molar-refractivity contribution in [2.45, 2.75) is 17.9 Å². The summed E-state index contributed by atoms with van der Waals surface area (Å²) in [6.07, 6.45) is 1.51. The standard InChI is InChI=1S/C18H20N2O3S/c1-13(24-12-14-6-4-3-5-7-14)18(22)20-19-11-15-8-9-16(21)17(10-15)23-2/h3-11,13,21H,12H2,1-2H3,(H,20,22)/b19-11+. The first-order chi connectivity index (χ1) is 11.6. The Balaban J connectivity index is 1.83. The summed E-state index contributed by atoms with van der Waals surface area (Å²) in [5, 5.41) is 13.3. The molecule has 126 valence electrons. The summed E-state index contributed by atoms with van der Waals surface area (Å²) in [7, 11) is 1.48. The van der Waals surface area contributed by atoms with Gasteiger partial charge in [0.25, 0.3) is 5.91 Å². The number of nitrogens with zero attached hydrogens (tertiary/aromatic N) is 1. The maximum absolute atomic E-state index is 12.0. The number of hydrazone groups is 1. The number of carbonyl (C=O) groups excluding carboxylic acids is 1. The van der Waals surface area contributed by atoms with Gasteiger partial charge in [0.2, 0.25) is 0 Å². The van der Waals surface area contributed by atoms with E-state index in [1.807, 2.05) is 37.3 Å². The quantitative estimate of drug-likeness (QED) is 0.598. The molecule has 2 rings (SSSR count). The molecule has 2 aromatic rings. The average molecular weight is 344 g/mol. The second kappa shape index (κ2) is 8.98. The molecule has 0 bridgehead atoms. The van der Waals surface area contributed by atoms with Crippen molar-refractivity contribution in [1.82, 2.24) is 5.43 Å². The third kappa shape index (κ3) is 5.31. The molecule has 0 spiro atoms. The molecule has 0 radical (unpaired) electrons. The molecule has 1 atom stereocenters. The number of phenolic OH excluding ortho intramolecular Hbond substituents is 1. The van der Waals surface area contributed by atoms with Gasteiger partial charge in [-0.3, -0.25) is 4.79 Å². The second-order valence-electron chi connectivity index (χ2n) is 5.10. The van der Waals surface area contributed by atoms with E-state index in [4.69, 9.17) is 4.74 Å². The van der Waals surface area contributed by atoms with Crippen LogP contribution in [0.15, 0.2) is 53.6 Å². The van der Waals surface area contributed by atoms with Crippen molar-refractivity contribution < 1.29 is 14.6 Å². The van der Waals surface area contributed by atoms with E-state index < -0.39 is 0 Å². The highest BCUT2D eigenvalue weighted by Gasteiger charge is 2.12. The molecule has 0 heterocycles. The van der Waals surface area contributed by atoms with Gasteiger partial charge in [-0.05, 0) is 36.2 Å². The van der Waals surface area contributed by atoms with E-state index in [2.05, 4.69) is 10.5 Å². The summed E-state index contributed by atoms with van der Waals surface area (Å²) >= 11 is 1.55. The predicted molar refractivity (Wildman–Crippen MR) is 97.6 cm³/mol. The molecule has 0 aromatic heterocycles. The SMILES string of the molecule is COc1cc(/C=N/NC(=O)C(C)SCc2ccccc2)ccc1O. The van der Waals surface area contributed by atoms with E-state index in [-0.39, 0.29) is 16.9 Å². The Morgan fingerprint density at radius 1 is 1.33 bits per heavy atom. The third-order valence-corrected chi connectivity index (χ3v) is 4.52. The van der Waals surface area contributed by atoms with Gasteiger partial charge in [0.05, 0.1) is 18.6 Å². The third-order valence-electron chi connectivity index (χ3n) is 3.30. The van der Waals surface area contributed by atoms with Crippen LogP contribution in [-0.2, 0) is 10.5 Å². The average Bonchev–Trinajstić information content (AvgIpc) is 2.61. The zero-order valence-electron chi connectivity index (χ0n) is 13.6. The molecule has 1 unspecified atom stereocenters. The zero-order chi connectivity index (χ0) is 17.4. The highest BCUT2D eigenvalue weighted by atomic mass is 32.2. The van der Waals surface area contributed by atoms with Crippen LogP contribution in [-0.4, -0.2) is 29.6 Å². The summed E-state index contributed by atoms with van der Waals surface area (Å²) in [5.41, 5.74) is 4.43. The largest absolute Gasteiger partial charge is 0.504 e. The number of phenols is 1. The van der Waals surface area contributed by atoms with Crippen LogP contribution >= 0.6 is 11.8 Å². The van der Waals surface area contributed by atoms with Gasteiger partial charge < -0.3 is 9.84 Å². The van der Waals surface area contributed by atoms with Gasteiger partial charge >= 0.3 is 0 Å². The number of carbonyl (C=O) groups is 1. The summed E-state index contributed by atoms with van der Waals surface area (Å²) in [5.74, 6) is 1.04. The molecule has 2 N–H and O–H groups in total. The van der Waals surface area contributed by atoms with Crippen molar-refractivity contribution in [2.75, 3.05) is 7.11 Å². The second-order valence-corrected chi connectivity index (χ2v) is 6.43. The van der Waals surface area contributed by atoms with Crippen LogP contribution in [0.4, 0.5) is 0 Å². The van der Waals surface area contributed by atoms with E-state index in [1.54, 1.807) is 23.9 Å². The van der Waals surface area contributed by atoms with E-state index in [9.17, 15) is 9.90 Å². The van der Waals surface area contributed by atoms with Crippen molar-refractivity contribution in [3.05, 3.63) is 59.7 Å². The summed E-state index contributed by atoms with van der Waals surface area (Å²) in [4.78, 5) is 12.0. The molecular weight excluding hydrogens is 324 g/mol. The molecule has 0 aliphatic rings. The van der Waals surface area contributed by atoms with Crippen molar-refractivity contribution in [2.24, 2.45) is 5.10 Å². The van der Waals surface area contributed by atoms with Crippen molar-refractivity contribution in [1.29, 1.82) is 0 Å². The summed E-state index contributed by atoms with van der Waals surface area (Å²) < 4.78 is 5.02. The predicted octanol–water partition coefficient (Wildman–Crippen LogP) is 3.17. The fourth-order valence-electron chi connectivity index (χ4n) is 1.91. The molecule has 0 aliphatic carbocycles. The fourth-order valence-corrected chi connectivity index (χ4v) is 2.75. The first kappa shape index (κ1) is 17.9. The van der Waals surface area contributed by atoms with Crippen LogP contribution in [0.1, 0.15) is 18.1 Å². The van der Waals surface area contributed by atoms with E-state index in [0.717, 1.165) is 11.3 Å². The number of aromatic hydroxyl groups is 1. The first-order valence-corrected chi connectivity index (χ1v) is 8.50. The number of hydrogen-bond acceptors (Lipinski definition) is 5. The lowest BCUT2D eigenvalue weighted by Crippen LogP contribution is -2.26. The number of ether oxygens (including phenoxy) is 1. The highest BCUT2D eigenvalue weighted by molar-refractivity contribution is 7.99. The van der Waals surface area contributed by atoms with E-state index >= 15 is 0 Å². The summed E-state index contributed by atoms with van der Waals surface area (Å²) in [6.45, 7) is 1.85. The van der Waals surface area contributed by atoms with Crippen molar-refractivity contribution in [3.63, 3.8) is 0 Å². The Labute approximate surface area is 145 Å². The molecular formula is C18H20N2O3S. The lowest BCUT2D eigenvalue weighted by atomic mass is 10.2. The Bertz CT molecular complexity index is 705. The van der Waals surface area contributed by atoms with Gasteiger partial charge in [0.15, 0.2) is 11.5 Å². The van der Waals surface area contributed by atoms with Gasteiger partial charge in [0.1, 0.15) is 0 Å². The van der Waals surface area contributed by atoms with Gasteiger partial charge in [-0.25, -0.2) is 5.43 Å². The smallest absolute Gasteiger partial charge is 0.252 e. The lowest BCUT2D eigenvalue weighted by Gasteiger charge is -2.09. The van der Waals surface area contributed by atoms with Crippen molar-refractivity contribution in [3.8, 4) is 11.5 Å². The molecule has 0 fully saturated rings. The minimum Gasteiger partial charge on any atom is -0.504 e. The van der Waals surface area contributed by atoms with E-state index in [0.29, 0.717) is 5.75 Å². The molecule has 6 heteroatoms. The lowest BCUT2D eigenvalue weighted by molar-refractivity contribution is -0.120. The number of hydrogen-bond donors (Lipinski definition) is 2. The van der Waals surface area contributed by atoms with Crippen LogP contribution in [0.2, 0.25) is 0 Å². The van der Waals surface area contributed by atoms with Crippen LogP contribution in [0.3, 0.4) is 0 Å². The minimum atomic E-state index is -0.211. The van der Waals surface area contributed by atoms with Crippen LogP contribution in [0.5, 0.6) is 11.5 Å². The number of nitrogens with one attached hydrogen (secondary N) is 1. The Morgan fingerprint density at radius 2 is 2.08 bits per heavy atom. The number of methoxy groups -OCH3 is 1. The molecule has 5 nitrogen and oxygen atoms in total. The molecule has 2 aromatic carbocycles. The minimum absolute atomic E-state index is 0.0598. The Morgan fingerprint density at radius 3 is 2.79 bits per heavy atom. The normalized spacial score (nSPS) is 12.1. The molecule has 0 saturated carbocycles. The molecule has 0 saturated heterocycles. The van der Waals surface area contributed by atoms with Gasteiger partial charge in [-0.2, -0.15) is 5.10 Å². The molecule has 1 amide bonds. The summed E-state index contributed by atoms with van der Waals surface area (Å²) in [6, 6.07) is 14.8. The highest BCUT2D eigenvalue weighted by Crippen LogP contribution is 2.25. The molecule has 24 heavy (non-hydrogen) atoms. The zero-order valence-corrected chi connectivity index (χ0v) is 14.4. The van der Waals surface area contributed by atoms with Gasteiger partial charge in [0, 0.05) is 5.75 Å². The first-order valence-electron chi connectivity index (χ1n) is 7.45. The van der Waals surface area contributed by atoms with Crippen molar-refractivity contribution >= 4 is 23.9 Å². The van der Waals surface area contributed by atoms with Gasteiger partial charge in [-0.15, -0.1) is 11.8 Å². The Kier molecular flexibility index (Phi) is 6.69. The van der Waals surface area contributed by atoms with Crippen LogP contribution in [0, 0.1) is 0 Å². The number of benzene rings is 2. The van der Waals surface area contributed by atoms with Crippen LogP contribution in [0.25, 0.3) is 0 Å². The van der Waals surface area contributed by atoms with E-state index in [1.165, 1.54) is 25.0 Å². The maximum Gasteiger partial charge on any atom is 0.252 e. The fraction of sp³-hybridized carbons (Fsp3) is 0.222. The Hall–Kier alpha value is -2.47. The molecule has 0 aliphatic heterocycles. The monoisotopic (exact) mass is 344 g/mol. The maximum atomic E-state index is 12.0. The topological polar surface area (TPSA) is 70.9 Å².